The summed E-state index contributed by atoms with van der Waals surface area (Å²) in [5, 5.41) is 0. The molecule has 0 amide bonds. The van der Waals surface area contributed by atoms with Crippen molar-refractivity contribution in [2.45, 2.75) is 0 Å². The first-order valence-corrected chi connectivity index (χ1v) is 23.6. The van der Waals surface area contributed by atoms with Crippen LogP contribution in [-0.2, 0) is 0 Å². The molecule has 0 aromatic heterocycles. The molecule has 0 aliphatic rings. The Kier molecular flexibility index (Phi) is 7.97. The van der Waals surface area contributed by atoms with Gasteiger partial charge in [0.1, 0.15) is 0 Å². The van der Waals surface area contributed by atoms with Gasteiger partial charge in [0.25, 0.3) is 0 Å². The number of benzene rings is 5. The molecule has 37 heavy (non-hydrogen) atoms. The van der Waals surface area contributed by atoms with E-state index in [9.17, 15) is 0 Å². The third kappa shape index (κ3) is 4.13. The number of halogens is 5. The van der Waals surface area contributed by atoms with Gasteiger partial charge in [0.2, 0.25) is 0 Å². The summed E-state index contributed by atoms with van der Waals surface area (Å²) in [7, 11) is 0. The first kappa shape index (κ1) is 28.4. The molecule has 0 atom stereocenters. The van der Waals surface area contributed by atoms with E-state index in [1.807, 2.05) is 0 Å². The molecule has 0 saturated carbocycles. The van der Waals surface area contributed by atoms with Gasteiger partial charge in [-0.2, -0.15) is 0 Å². The van der Waals surface area contributed by atoms with Gasteiger partial charge >= 0.3 is 269 Å². The fourth-order valence-corrected chi connectivity index (χ4v) is 28.3. The molecule has 0 aliphatic heterocycles. The summed E-state index contributed by atoms with van der Waals surface area (Å²) in [6, 6.07) is 45.0. The van der Waals surface area contributed by atoms with Gasteiger partial charge in [-0.1, -0.05) is 0 Å². The molecule has 0 N–H and O–H groups in total. The number of hydrogen-bond acceptors (Lipinski definition) is 0. The third-order valence-corrected chi connectivity index (χ3v) is 34.3. The van der Waals surface area contributed by atoms with Crippen molar-refractivity contribution in [3.8, 4) is 0 Å². The monoisotopic (exact) mass is 912 g/mol. The number of hydrogen-bond donors (Lipinski definition) is 0. The van der Waals surface area contributed by atoms with Crippen LogP contribution in [0.15, 0.2) is 144 Å². The predicted molar refractivity (Wildman–Crippen MR) is 180 cm³/mol. The maximum absolute atomic E-state index is 5.28. The molecule has 7 heteroatoms. The van der Waals surface area contributed by atoms with Gasteiger partial charge in [-0.05, 0) is 0 Å². The van der Waals surface area contributed by atoms with Crippen LogP contribution in [0.25, 0.3) is 0 Å². The summed E-state index contributed by atoms with van der Waals surface area (Å²) >= 11 is 15.8. The van der Waals surface area contributed by atoms with E-state index in [0.717, 1.165) is 22.4 Å². The normalized spacial score (nSPS) is 13.6. The molecule has 182 valence electrons. The molecule has 0 fully saturated rings. The summed E-state index contributed by atoms with van der Waals surface area (Å²) in [4.78, 5) is 0. The van der Waals surface area contributed by atoms with Gasteiger partial charge in [-0.3, -0.25) is 0 Å². The predicted octanol–water partition coefficient (Wildman–Crippen LogP) is 7.36. The van der Waals surface area contributed by atoms with E-state index < -0.39 is 12.8 Å². The van der Waals surface area contributed by atoms with E-state index in [2.05, 4.69) is 215 Å². The zero-order valence-electron chi connectivity index (χ0n) is 19.8. The van der Waals surface area contributed by atoms with Crippen LogP contribution in [0.3, 0.4) is 0 Å². The molecule has 0 saturated heterocycles. The molecule has 5 rings (SSSR count). The molecule has 0 aliphatic carbocycles. The van der Waals surface area contributed by atoms with Crippen molar-refractivity contribution >= 4 is 125 Å². The van der Waals surface area contributed by atoms with Crippen LogP contribution in [-0.4, -0.2) is 27.1 Å². The Morgan fingerprint density at radius 1 is 0.297 bits per heavy atom. The van der Waals surface area contributed by atoms with Crippen molar-refractivity contribution in [2.24, 2.45) is 0 Å². The minimum absolute atomic E-state index is 1.06. The molecule has 5 aromatic rings. The van der Waals surface area contributed by atoms with E-state index >= 15 is 0 Å². The van der Waals surface area contributed by atoms with Crippen molar-refractivity contribution in [1.82, 2.24) is 0 Å². The van der Waals surface area contributed by atoms with Gasteiger partial charge in [0.15, 0.2) is 0 Å². The van der Waals surface area contributed by atoms with Crippen molar-refractivity contribution in [1.29, 1.82) is 0 Å². The van der Waals surface area contributed by atoms with Crippen LogP contribution in [0, 0.1) is 0 Å². The van der Waals surface area contributed by atoms with Crippen molar-refractivity contribution < 1.29 is 0 Å². The van der Waals surface area contributed by atoms with Gasteiger partial charge in [0.05, 0.1) is 0 Å². The van der Waals surface area contributed by atoms with Crippen LogP contribution >= 0.6 is 79.6 Å². The van der Waals surface area contributed by atoms with Crippen LogP contribution < -0.4 is 18.1 Å². The Hall–Kier alpha value is -0.113. The summed E-state index contributed by atoms with van der Waals surface area (Å²) < 4.78 is 11.9. The van der Waals surface area contributed by atoms with Crippen molar-refractivity contribution in [3.05, 3.63) is 144 Å². The standard InChI is InChI=1S/C30H20Br5Te.Li/c31-21-1-11-26(12-2-21)36(27-13-3-22(32)4-14-27,28-15-5-23(33)6-16-28,29-17-7-24(34)8-18-29)30-19-9-25(35)10-20-30;/h1-20H;. The summed E-state index contributed by atoms with van der Waals surface area (Å²) in [5.41, 5.74) is 0. The molecule has 0 bridgehead atoms. The molecule has 0 radical (unpaired) electrons. The van der Waals surface area contributed by atoms with Crippen LogP contribution in [0.4, 0.5) is 0 Å². The molecule has 0 nitrogen and oxygen atoms in total. The van der Waals surface area contributed by atoms with Crippen LogP contribution in [0.5, 0.6) is 0 Å². The Balaban J connectivity index is 2.20. The second-order valence-corrected chi connectivity index (χ2v) is 32.3. The fraction of sp³-hybridized carbons (Fsp3) is 0. The van der Waals surface area contributed by atoms with E-state index in [1.54, 1.807) is 0 Å². The molecule has 5 aromatic carbocycles. The number of rotatable bonds is 5. The molecule has 0 spiro atoms. The maximum atomic E-state index is 3.71. The topological polar surface area (TPSA) is 0 Å². The zero-order chi connectivity index (χ0) is 26.3. The fourth-order valence-electron chi connectivity index (χ4n) is 5.58. The Labute approximate surface area is 264 Å². The van der Waals surface area contributed by atoms with Gasteiger partial charge in [-0.15, -0.1) is 0 Å². The Morgan fingerprint density at radius 3 is 0.568 bits per heavy atom. The Bertz CT molecular complexity index is 1290. The van der Waals surface area contributed by atoms with E-state index in [-0.39, 0.29) is 0 Å². The molecular formula is C30H20Br5LiTe. The van der Waals surface area contributed by atoms with E-state index in [1.165, 1.54) is 18.1 Å². The summed E-state index contributed by atoms with van der Waals surface area (Å²) in [6.07, 6.45) is 0. The average Bonchev–Trinajstić information content (AvgIpc) is 2.90. The first-order chi connectivity index (χ1) is 17.6. The van der Waals surface area contributed by atoms with Gasteiger partial charge in [0, 0.05) is 0 Å². The second kappa shape index (κ2) is 10.4. The van der Waals surface area contributed by atoms with Gasteiger partial charge in [-0.25, -0.2) is 0 Å². The molecular weight excluding hydrogens is 894 g/mol. The first-order valence-electron chi connectivity index (χ1n) is 11.5. The average molecular weight is 915 g/mol. The van der Waals surface area contributed by atoms with Crippen LogP contribution in [0.2, 0.25) is 0 Å². The SMILES string of the molecule is [Li][Te](c1ccc(Br)cc1)(c1ccc(Br)cc1)(c1ccc(Br)cc1)(c1ccc(Br)cc1)c1ccc(Br)cc1. The second-order valence-electron chi connectivity index (χ2n) is 9.31. The quantitative estimate of drug-likeness (QED) is 0.162. The molecule has 0 heterocycles. The van der Waals surface area contributed by atoms with Crippen LogP contribution in [0.1, 0.15) is 0 Å². The third-order valence-electron chi connectivity index (χ3n) is 7.60. The Morgan fingerprint density at radius 2 is 0.432 bits per heavy atom. The molecule has 0 unspecified atom stereocenters. The van der Waals surface area contributed by atoms with Gasteiger partial charge < -0.3 is 0 Å². The van der Waals surface area contributed by atoms with Crippen molar-refractivity contribution in [2.75, 3.05) is 0 Å². The van der Waals surface area contributed by atoms with E-state index in [4.69, 9.17) is 0 Å². The summed E-state index contributed by atoms with van der Waals surface area (Å²) in [5.74, 6) is 0. The summed E-state index contributed by atoms with van der Waals surface area (Å²) in [6.45, 7) is 0. The zero-order valence-corrected chi connectivity index (χ0v) is 30.1. The van der Waals surface area contributed by atoms with Crippen molar-refractivity contribution in [3.63, 3.8) is 0 Å². The van der Waals surface area contributed by atoms with E-state index in [0.29, 0.717) is 0 Å². The minimum atomic E-state index is -5.28.